The SMILES string of the molecule is CC.CC.Cc1cc(N)c(C(=N)c2ccc(F)cc2)cn1. The smallest absolute Gasteiger partial charge is 0.123 e. The third-order valence-electron chi connectivity index (χ3n) is 2.47. The summed E-state index contributed by atoms with van der Waals surface area (Å²) in [6.45, 7) is 9.83. The highest BCUT2D eigenvalue weighted by molar-refractivity contribution is 6.13. The summed E-state index contributed by atoms with van der Waals surface area (Å²) in [6, 6.07) is 7.46. The van der Waals surface area contributed by atoms with Gasteiger partial charge < -0.3 is 5.73 Å². The van der Waals surface area contributed by atoms with Crippen LogP contribution in [0.3, 0.4) is 0 Å². The van der Waals surface area contributed by atoms with E-state index in [0.29, 0.717) is 16.8 Å². The van der Waals surface area contributed by atoms with E-state index < -0.39 is 0 Å². The predicted octanol–water partition coefficient (Wildman–Crippen LogP) is 4.58. The van der Waals surface area contributed by atoms with Crippen LogP contribution < -0.4 is 5.73 Å². The Morgan fingerprint density at radius 2 is 1.62 bits per heavy atom. The molecular weight excluding hydrogens is 265 g/mol. The summed E-state index contributed by atoms with van der Waals surface area (Å²) < 4.78 is 12.8. The van der Waals surface area contributed by atoms with Crippen molar-refractivity contribution in [1.29, 1.82) is 5.41 Å². The maximum atomic E-state index is 12.8. The van der Waals surface area contributed by atoms with Crippen LogP contribution in [0, 0.1) is 18.2 Å². The fraction of sp³-hybridized carbons (Fsp3) is 0.294. The lowest BCUT2D eigenvalue weighted by molar-refractivity contribution is 0.628. The maximum absolute atomic E-state index is 12.8. The van der Waals surface area contributed by atoms with Crippen LogP contribution in [0.4, 0.5) is 10.1 Å². The van der Waals surface area contributed by atoms with Crippen molar-refractivity contribution in [2.45, 2.75) is 34.6 Å². The minimum Gasteiger partial charge on any atom is -0.398 e. The molecule has 0 aliphatic rings. The minimum atomic E-state index is -0.323. The largest absolute Gasteiger partial charge is 0.398 e. The number of aryl methyl sites for hydroxylation is 1. The molecule has 0 bridgehead atoms. The monoisotopic (exact) mass is 289 g/mol. The van der Waals surface area contributed by atoms with E-state index in [-0.39, 0.29) is 11.5 Å². The molecule has 2 aromatic rings. The van der Waals surface area contributed by atoms with Gasteiger partial charge in [0.15, 0.2) is 0 Å². The predicted molar refractivity (Wildman–Crippen MR) is 88.4 cm³/mol. The van der Waals surface area contributed by atoms with Crippen LogP contribution in [0.5, 0.6) is 0 Å². The van der Waals surface area contributed by atoms with Gasteiger partial charge in [0.1, 0.15) is 5.82 Å². The number of nitrogens with one attached hydrogen (secondary N) is 1. The molecule has 3 nitrogen and oxygen atoms in total. The number of hydrogen-bond acceptors (Lipinski definition) is 3. The lowest BCUT2D eigenvalue weighted by Crippen LogP contribution is -2.06. The van der Waals surface area contributed by atoms with Gasteiger partial charge in [-0.1, -0.05) is 27.7 Å². The molecule has 0 aliphatic heterocycles. The van der Waals surface area contributed by atoms with Gasteiger partial charge >= 0.3 is 0 Å². The first-order valence-electron chi connectivity index (χ1n) is 7.15. The molecule has 1 heterocycles. The maximum Gasteiger partial charge on any atom is 0.123 e. The molecule has 2 rings (SSSR count). The summed E-state index contributed by atoms with van der Waals surface area (Å²) in [7, 11) is 0. The molecular formula is C17H24FN3. The highest BCUT2D eigenvalue weighted by atomic mass is 19.1. The lowest BCUT2D eigenvalue weighted by atomic mass is 10.0. The van der Waals surface area contributed by atoms with E-state index in [0.717, 1.165) is 5.69 Å². The third-order valence-corrected chi connectivity index (χ3v) is 2.47. The Bertz CT molecular complexity index is 563. The van der Waals surface area contributed by atoms with Crippen molar-refractivity contribution in [3.63, 3.8) is 0 Å². The summed E-state index contributed by atoms with van der Waals surface area (Å²) in [4.78, 5) is 4.11. The molecule has 0 aliphatic carbocycles. The normalized spacial score (nSPS) is 8.86. The molecule has 0 fully saturated rings. The summed E-state index contributed by atoms with van der Waals surface area (Å²) in [5, 5.41) is 8.01. The van der Waals surface area contributed by atoms with Gasteiger partial charge in [-0.25, -0.2) is 4.39 Å². The number of rotatable bonds is 2. The molecule has 1 aromatic carbocycles. The summed E-state index contributed by atoms with van der Waals surface area (Å²) in [6.07, 6.45) is 1.57. The average Bonchev–Trinajstić information content (AvgIpc) is 2.51. The fourth-order valence-electron chi connectivity index (χ4n) is 1.56. The van der Waals surface area contributed by atoms with Crippen LogP contribution in [0.25, 0.3) is 0 Å². The molecule has 21 heavy (non-hydrogen) atoms. The minimum absolute atomic E-state index is 0.245. The quantitative estimate of drug-likeness (QED) is 0.795. The molecule has 1 aromatic heterocycles. The number of pyridine rings is 1. The van der Waals surface area contributed by atoms with E-state index in [9.17, 15) is 4.39 Å². The molecule has 0 atom stereocenters. The van der Waals surface area contributed by atoms with Crippen molar-refractivity contribution < 1.29 is 4.39 Å². The Morgan fingerprint density at radius 3 is 2.10 bits per heavy atom. The van der Waals surface area contributed by atoms with E-state index in [2.05, 4.69) is 4.98 Å². The summed E-state index contributed by atoms with van der Waals surface area (Å²) >= 11 is 0. The first kappa shape index (κ1) is 18.8. The van der Waals surface area contributed by atoms with Gasteiger partial charge in [-0.2, -0.15) is 0 Å². The molecule has 0 radical (unpaired) electrons. The summed E-state index contributed by atoms with van der Waals surface area (Å²) in [5.74, 6) is -0.323. The topological polar surface area (TPSA) is 62.8 Å². The molecule has 0 saturated heterocycles. The number of nitrogen functional groups attached to an aromatic ring is 1. The van der Waals surface area contributed by atoms with Crippen LogP contribution in [0.15, 0.2) is 36.5 Å². The second kappa shape index (κ2) is 9.64. The van der Waals surface area contributed by atoms with Crippen molar-refractivity contribution in [1.82, 2.24) is 4.98 Å². The van der Waals surface area contributed by atoms with E-state index in [4.69, 9.17) is 11.1 Å². The second-order valence-electron chi connectivity index (χ2n) is 3.79. The Balaban J connectivity index is 0.000000921. The van der Waals surface area contributed by atoms with Gasteiger partial charge in [-0.3, -0.25) is 10.4 Å². The van der Waals surface area contributed by atoms with Crippen molar-refractivity contribution >= 4 is 11.4 Å². The molecule has 114 valence electrons. The van der Waals surface area contributed by atoms with Crippen LogP contribution in [0.1, 0.15) is 44.5 Å². The standard InChI is InChI=1S/C13H12FN3.2C2H6/c1-8-6-12(15)11(7-17-8)13(16)9-2-4-10(14)5-3-9;2*1-2/h2-7,16H,1H3,(H2,15,17);2*1-2H3. The Kier molecular flexibility index (Phi) is 8.62. The van der Waals surface area contributed by atoms with Crippen LogP contribution in [0.2, 0.25) is 0 Å². The number of halogens is 1. The van der Waals surface area contributed by atoms with Crippen molar-refractivity contribution in [3.05, 3.63) is 59.2 Å². The van der Waals surface area contributed by atoms with Crippen molar-refractivity contribution in [2.75, 3.05) is 5.73 Å². The van der Waals surface area contributed by atoms with Gasteiger partial charge in [-0.15, -0.1) is 0 Å². The van der Waals surface area contributed by atoms with Crippen LogP contribution in [-0.4, -0.2) is 10.7 Å². The Morgan fingerprint density at radius 1 is 1.10 bits per heavy atom. The highest BCUT2D eigenvalue weighted by Crippen LogP contribution is 2.16. The van der Waals surface area contributed by atoms with Gasteiger partial charge in [-0.05, 0) is 37.3 Å². The van der Waals surface area contributed by atoms with E-state index >= 15 is 0 Å². The second-order valence-corrected chi connectivity index (χ2v) is 3.79. The summed E-state index contributed by atoms with van der Waals surface area (Å²) in [5.41, 5.74) is 8.56. The molecule has 0 amide bonds. The van der Waals surface area contributed by atoms with Crippen LogP contribution >= 0.6 is 0 Å². The zero-order valence-corrected chi connectivity index (χ0v) is 13.4. The number of benzene rings is 1. The number of nitrogens with two attached hydrogens (primary N) is 1. The zero-order valence-electron chi connectivity index (χ0n) is 13.4. The molecule has 4 heteroatoms. The first-order chi connectivity index (χ1) is 10.1. The lowest BCUT2D eigenvalue weighted by Gasteiger charge is -2.07. The van der Waals surface area contributed by atoms with Gasteiger partial charge in [0.05, 0.1) is 5.71 Å². The van der Waals surface area contributed by atoms with E-state index in [1.165, 1.54) is 12.1 Å². The number of anilines is 1. The number of aromatic nitrogens is 1. The van der Waals surface area contributed by atoms with Crippen molar-refractivity contribution in [3.8, 4) is 0 Å². The molecule has 0 spiro atoms. The number of nitrogens with zero attached hydrogens (tertiary/aromatic N) is 1. The Labute approximate surface area is 126 Å². The average molecular weight is 289 g/mol. The third kappa shape index (κ3) is 5.34. The van der Waals surface area contributed by atoms with Crippen LogP contribution in [-0.2, 0) is 0 Å². The van der Waals surface area contributed by atoms with Gasteiger partial charge in [0.2, 0.25) is 0 Å². The van der Waals surface area contributed by atoms with Gasteiger partial charge in [0.25, 0.3) is 0 Å². The van der Waals surface area contributed by atoms with E-state index in [1.807, 2.05) is 34.6 Å². The zero-order chi connectivity index (χ0) is 16.4. The highest BCUT2D eigenvalue weighted by Gasteiger charge is 2.09. The molecule has 0 saturated carbocycles. The molecule has 0 unspecified atom stereocenters. The van der Waals surface area contributed by atoms with Gasteiger partial charge in [0, 0.05) is 28.7 Å². The number of hydrogen-bond donors (Lipinski definition) is 2. The Hall–Kier alpha value is -2.23. The first-order valence-corrected chi connectivity index (χ1v) is 7.15. The van der Waals surface area contributed by atoms with E-state index in [1.54, 1.807) is 24.4 Å². The molecule has 3 N–H and O–H groups in total. The fourth-order valence-corrected chi connectivity index (χ4v) is 1.56. The van der Waals surface area contributed by atoms with Crippen molar-refractivity contribution in [2.24, 2.45) is 0 Å².